The molecule has 0 unspecified atom stereocenters. The highest BCUT2D eigenvalue weighted by atomic mass is 32.1. The highest BCUT2D eigenvalue weighted by Crippen LogP contribution is 2.38. The van der Waals surface area contributed by atoms with Crippen molar-refractivity contribution >= 4 is 27.8 Å². The molecule has 102 valence electrons. The second kappa shape index (κ2) is 5.62. The topological polar surface area (TPSA) is 70.1 Å². The number of nitrogens with zero attached hydrogens (tertiary/aromatic N) is 2. The third kappa shape index (κ3) is 2.74. The zero-order valence-electron chi connectivity index (χ0n) is 11.4. The lowest BCUT2D eigenvalue weighted by molar-refractivity contribution is 0.102. The summed E-state index contributed by atoms with van der Waals surface area (Å²) in [5, 5.41) is 10.1. The Bertz CT molecular complexity index is 524. The smallest absolute Gasteiger partial charge is 0.171 e. The normalized spacial score (nSPS) is 15.4. The maximum atomic E-state index is 11.5. The fourth-order valence-electron chi connectivity index (χ4n) is 2.73. The summed E-state index contributed by atoms with van der Waals surface area (Å²) < 4.78 is 0. The van der Waals surface area contributed by atoms with Gasteiger partial charge in [0.05, 0.1) is 10.6 Å². The number of thiophene rings is 1. The molecule has 1 aliphatic rings. The summed E-state index contributed by atoms with van der Waals surface area (Å²) in [5.74, 6) is 0.625. The second-order valence-corrected chi connectivity index (χ2v) is 6.22. The molecule has 0 radical (unpaired) electrons. The van der Waals surface area contributed by atoms with Crippen molar-refractivity contribution in [3.05, 3.63) is 10.4 Å². The Labute approximate surface area is 117 Å². The number of anilines is 2. The van der Waals surface area contributed by atoms with Crippen molar-refractivity contribution < 1.29 is 4.79 Å². The minimum Gasteiger partial charge on any atom is -0.396 e. The Morgan fingerprint density at radius 1 is 1.53 bits per heavy atom. The van der Waals surface area contributed by atoms with E-state index in [1.807, 2.05) is 7.05 Å². The molecule has 0 amide bonds. The quantitative estimate of drug-likeness (QED) is 0.859. The van der Waals surface area contributed by atoms with Crippen LogP contribution in [0.5, 0.6) is 0 Å². The van der Waals surface area contributed by atoms with Crippen molar-refractivity contribution in [3.63, 3.8) is 0 Å². The van der Waals surface area contributed by atoms with Crippen molar-refractivity contribution in [1.29, 1.82) is 5.26 Å². The van der Waals surface area contributed by atoms with Crippen molar-refractivity contribution in [2.24, 2.45) is 5.92 Å². The van der Waals surface area contributed by atoms with Gasteiger partial charge in [-0.1, -0.05) is 12.8 Å². The summed E-state index contributed by atoms with van der Waals surface area (Å²) >= 11 is 1.34. The number of hydrogen-bond acceptors (Lipinski definition) is 5. The molecule has 1 aromatic heterocycles. The van der Waals surface area contributed by atoms with E-state index in [1.165, 1.54) is 43.9 Å². The van der Waals surface area contributed by atoms with Crippen LogP contribution in [0.4, 0.5) is 10.7 Å². The number of rotatable bonds is 4. The zero-order valence-corrected chi connectivity index (χ0v) is 12.2. The molecule has 0 aliphatic heterocycles. The van der Waals surface area contributed by atoms with E-state index in [1.54, 1.807) is 0 Å². The third-order valence-electron chi connectivity index (χ3n) is 3.71. The number of nitrogens with two attached hydrogens (primary N) is 1. The molecule has 1 heterocycles. The predicted molar refractivity (Wildman–Crippen MR) is 78.7 cm³/mol. The molecule has 5 heteroatoms. The average Bonchev–Trinajstić information content (AvgIpc) is 2.96. The van der Waals surface area contributed by atoms with Crippen LogP contribution in [-0.2, 0) is 0 Å². The van der Waals surface area contributed by atoms with Crippen LogP contribution in [0.1, 0.15) is 47.8 Å². The molecule has 0 aromatic carbocycles. The van der Waals surface area contributed by atoms with Crippen molar-refractivity contribution in [2.45, 2.75) is 32.6 Å². The summed E-state index contributed by atoms with van der Waals surface area (Å²) in [6, 6.07) is 2.14. The summed E-state index contributed by atoms with van der Waals surface area (Å²) in [6.07, 6.45) is 5.11. The standard InChI is InChI=1S/C14H19N3OS/c1-9(18)13-12(16)11(7-15)14(19-13)17(2)8-10-5-3-4-6-10/h10H,3-6,8,16H2,1-2H3. The minimum atomic E-state index is -0.0699. The van der Waals surface area contributed by atoms with Gasteiger partial charge < -0.3 is 10.6 Å². The van der Waals surface area contributed by atoms with E-state index in [0.29, 0.717) is 22.0 Å². The van der Waals surface area contributed by atoms with E-state index in [2.05, 4.69) is 11.0 Å². The molecule has 1 saturated carbocycles. The number of hydrogen-bond donors (Lipinski definition) is 1. The number of nitrogen functional groups attached to an aromatic ring is 1. The van der Waals surface area contributed by atoms with Crippen LogP contribution in [0.15, 0.2) is 0 Å². The number of carbonyl (C=O) groups excluding carboxylic acids is 1. The first-order valence-electron chi connectivity index (χ1n) is 6.59. The van der Waals surface area contributed by atoms with E-state index in [9.17, 15) is 10.1 Å². The largest absolute Gasteiger partial charge is 0.396 e. The maximum absolute atomic E-state index is 11.5. The Morgan fingerprint density at radius 3 is 2.68 bits per heavy atom. The number of Topliss-reactive ketones (excluding diaryl/α,β-unsaturated/α-hetero) is 1. The van der Waals surface area contributed by atoms with E-state index in [4.69, 9.17) is 5.73 Å². The summed E-state index contributed by atoms with van der Waals surface area (Å²) in [4.78, 5) is 14.1. The van der Waals surface area contributed by atoms with Gasteiger partial charge in [-0.2, -0.15) is 5.26 Å². The Morgan fingerprint density at radius 2 is 2.16 bits per heavy atom. The lowest BCUT2D eigenvalue weighted by Gasteiger charge is -2.21. The first-order chi connectivity index (χ1) is 9.04. The van der Waals surface area contributed by atoms with Gasteiger partial charge in [0.25, 0.3) is 0 Å². The fraction of sp³-hybridized carbons (Fsp3) is 0.571. The summed E-state index contributed by atoms with van der Waals surface area (Å²) in [5.41, 5.74) is 6.70. The molecular formula is C14H19N3OS. The molecule has 1 aromatic rings. The van der Waals surface area contributed by atoms with E-state index in [0.717, 1.165) is 11.5 Å². The van der Waals surface area contributed by atoms with E-state index in [-0.39, 0.29) is 5.78 Å². The molecular weight excluding hydrogens is 258 g/mol. The van der Waals surface area contributed by atoms with Gasteiger partial charge in [-0.25, -0.2) is 0 Å². The molecule has 1 fully saturated rings. The van der Waals surface area contributed by atoms with Crippen molar-refractivity contribution in [1.82, 2.24) is 0 Å². The van der Waals surface area contributed by atoms with Gasteiger partial charge >= 0.3 is 0 Å². The molecule has 4 nitrogen and oxygen atoms in total. The van der Waals surface area contributed by atoms with Crippen molar-refractivity contribution in [3.8, 4) is 6.07 Å². The van der Waals surface area contributed by atoms with Gasteiger partial charge in [0.1, 0.15) is 16.6 Å². The Balaban J connectivity index is 2.25. The first-order valence-corrected chi connectivity index (χ1v) is 7.40. The van der Waals surface area contributed by atoms with Crippen molar-refractivity contribution in [2.75, 3.05) is 24.2 Å². The maximum Gasteiger partial charge on any atom is 0.171 e. The fourth-order valence-corrected chi connectivity index (χ4v) is 3.77. The molecule has 19 heavy (non-hydrogen) atoms. The highest BCUT2D eigenvalue weighted by molar-refractivity contribution is 7.19. The van der Waals surface area contributed by atoms with Gasteiger partial charge in [0.15, 0.2) is 5.78 Å². The Kier molecular flexibility index (Phi) is 4.11. The SMILES string of the molecule is CC(=O)c1sc(N(C)CC2CCCC2)c(C#N)c1N. The Hall–Kier alpha value is -1.54. The van der Waals surface area contributed by atoms with E-state index < -0.39 is 0 Å². The van der Waals surface area contributed by atoms with Crippen LogP contribution in [0.25, 0.3) is 0 Å². The minimum absolute atomic E-state index is 0.0699. The number of nitriles is 1. The van der Waals surface area contributed by atoms with Gasteiger partial charge in [-0.3, -0.25) is 4.79 Å². The van der Waals surface area contributed by atoms with Crippen LogP contribution < -0.4 is 10.6 Å². The second-order valence-electron chi connectivity index (χ2n) is 5.22. The number of carbonyl (C=O) groups is 1. The van der Waals surface area contributed by atoms with Crippen LogP contribution in [-0.4, -0.2) is 19.4 Å². The van der Waals surface area contributed by atoms with Crippen LogP contribution in [0.3, 0.4) is 0 Å². The van der Waals surface area contributed by atoms with Crippen LogP contribution in [0.2, 0.25) is 0 Å². The van der Waals surface area contributed by atoms with Gasteiger partial charge in [-0.15, -0.1) is 11.3 Å². The molecule has 0 bridgehead atoms. The molecule has 0 spiro atoms. The van der Waals surface area contributed by atoms with Gasteiger partial charge in [0.2, 0.25) is 0 Å². The van der Waals surface area contributed by atoms with Crippen LogP contribution in [0, 0.1) is 17.2 Å². The number of ketones is 1. The molecule has 0 saturated heterocycles. The molecule has 2 rings (SSSR count). The monoisotopic (exact) mass is 277 g/mol. The third-order valence-corrected chi connectivity index (χ3v) is 5.13. The summed E-state index contributed by atoms with van der Waals surface area (Å²) in [7, 11) is 1.98. The average molecular weight is 277 g/mol. The lowest BCUT2D eigenvalue weighted by Crippen LogP contribution is -2.23. The zero-order chi connectivity index (χ0) is 14.0. The molecule has 1 aliphatic carbocycles. The first kappa shape index (κ1) is 13.9. The van der Waals surface area contributed by atoms with Gasteiger partial charge in [0, 0.05) is 20.5 Å². The lowest BCUT2D eigenvalue weighted by atomic mass is 10.1. The van der Waals surface area contributed by atoms with Gasteiger partial charge in [-0.05, 0) is 18.8 Å². The molecule has 2 N–H and O–H groups in total. The van der Waals surface area contributed by atoms with Crippen LogP contribution >= 0.6 is 11.3 Å². The van der Waals surface area contributed by atoms with E-state index >= 15 is 0 Å². The highest BCUT2D eigenvalue weighted by Gasteiger charge is 2.23. The predicted octanol–water partition coefficient (Wildman–Crippen LogP) is 3.03. The summed E-state index contributed by atoms with van der Waals surface area (Å²) in [6.45, 7) is 2.43. The molecule has 0 atom stereocenters.